The standard InChI is InChI=1S/C11H18N2OS/c1-9-11(15-8-12-9)4-5-13(6-7-14)10-2-3-10/h8,10,14H,2-7H2,1H3. The Morgan fingerprint density at radius 2 is 2.33 bits per heavy atom. The van der Waals surface area contributed by atoms with Crippen LogP contribution >= 0.6 is 11.3 Å². The van der Waals surface area contributed by atoms with Crippen molar-refractivity contribution in [3.63, 3.8) is 0 Å². The molecule has 0 radical (unpaired) electrons. The number of rotatable bonds is 6. The first-order chi connectivity index (χ1) is 7.31. The molecule has 0 aliphatic heterocycles. The van der Waals surface area contributed by atoms with Crippen molar-refractivity contribution in [2.75, 3.05) is 19.7 Å². The summed E-state index contributed by atoms with van der Waals surface area (Å²) in [6.45, 7) is 4.23. The predicted octanol–water partition coefficient (Wildman–Crippen LogP) is 1.45. The molecule has 1 heterocycles. The lowest BCUT2D eigenvalue weighted by Gasteiger charge is -2.20. The number of aromatic nitrogens is 1. The van der Waals surface area contributed by atoms with Crippen LogP contribution in [0.1, 0.15) is 23.4 Å². The van der Waals surface area contributed by atoms with Gasteiger partial charge in [-0.05, 0) is 26.2 Å². The highest BCUT2D eigenvalue weighted by Gasteiger charge is 2.28. The summed E-state index contributed by atoms with van der Waals surface area (Å²) in [5.74, 6) is 0. The molecule has 3 nitrogen and oxygen atoms in total. The topological polar surface area (TPSA) is 36.4 Å². The number of aryl methyl sites for hydroxylation is 1. The normalized spacial score (nSPS) is 16.2. The molecule has 0 spiro atoms. The fraction of sp³-hybridized carbons (Fsp3) is 0.727. The molecule has 4 heteroatoms. The highest BCUT2D eigenvalue weighted by molar-refractivity contribution is 7.09. The van der Waals surface area contributed by atoms with E-state index in [1.54, 1.807) is 11.3 Å². The van der Waals surface area contributed by atoms with E-state index in [0.717, 1.165) is 25.6 Å². The fourth-order valence-corrected chi connectivity index (χ4v) is 2.63. The number of thiazole rings is 1. The lowest BCUT2D eigenvalue weighted by atomic mass is 10.3. The molecule has 1 N–H and O–H groups in total. The van der Waals surface area contributed by atoms with E-state index in [1.807, 2.05) is 5.51 Å². The van der Waals surface area contributed by atoms with Crippen LogP contribution in [-0.2, 0) is 6.42 Å². The molecule has 2 rings (SSSR count). The van der Waals surface area contributed by atoms with Gasteiger partial charge in [-0.25, -0.2) is 4.98 Å². The fourth-order valence-electron chi connectivity index (χ4n) is 1.86. The van der Waals surface area contributed by atoms with Crippen molar-refractivity contribution in [2.24, 2.45) is 0 Å². The Kier molecular flexibility index (Phi) is 3.72. The second kappa shape index (κ2) is 5.05. The van der Waals surface area contributed by atoms with Crippen LogP contribution in [0.5, 0.6) is 0 Å². The summed E-state index contributed by atoms with van der Waals surface area (Å²) in [7, 11) is 0. The molecule has 0 bridgehead atoms. The van der Waals surface area contributed by atoms with Crippen molar-refractivity contribution < 1.29 is 5.11 Å². The smallest absolute Gasteiger partial charge is 0.0797 e. The van der Waals surface area contributed by atoms with Gasteiger partial charge in [0.15, 0.2) is 0 Å². The second-order valence-electron chi connectivity index (χ2n) is 4.10. The number of hydrogen-bond donors (Lipinski definition) is 1. The van der Waals surface area contributed by atoms with Crippen molar-refractivity contribution in [1.82, 2.24) is 9.88 Å². The average molecular weight is 226 g/mol. The summed E-state index contributed by atoms with van der Waals surface area (Å²) < 4.78 is 0. The van der Waals surface area contributed by atoms with Crippen molar-refractivity contribution in [1.29, 1.82) is 0 Å². The summed E-state index contributed by atoms with van der Waals surface area (Å²) in [6.07, 6.45) is 3.69. The third-order valence-corrected chi connectivity index (χ3v) is 3.92. The van der Waals surface area contributed by atoms with Crippen LogP contribution in [0.15, 0.2) is 5.51 Å². The molecular weight excluding hydrogens is 208 g/mol. The first kappa shape index (κ1) is 11.0. The van der Waals surface area contributed by atoms with Crippen molar-refractivity contribution in [3.05, 3.63) is 16.1 Å². The predicted molar refractivity (Wildman–Crippen MR) is 62.2 cm³/mol. The zero-order valence-electron chi connectivity index (χ0n) is 9.15. The quantitative estimate of drug-likeness (QED) is 0.797. The molecule has 1 aromatic rings. The summed E-state index contributed by atoms with van der Waals surface area (Å²) in [5, 5.41) is 8.97. The molecule has 15 heavy (non-hydrogen) atoms. The molecule has 0 unspecified atom stereocenters. The van der Waals surface area contributed by atoms with Gasteiger partial charge in [0.2, 0.25) is 0 Å². The van der Waals surface area contributed by atoms with Gasteiger partial charge in [-0.15, -0.1) is 11.3 Å². The minimum Gasteiger partial charge on any atom is -0.395 e. The van der Waals surface area contributed by atoms with Crippen molar-refractivity contribution in [2.45, 2.75) is 32.2 Å². The summed E-state index contributed by atoms with van der Waals surface area (Å²) in [5.41, 5.74) is 3.08. The van der Waals surface area contributed by atoms with E-state index in [9.17, 15) is 0 Å². The molecule has 0 saturated heterocycles. The second-order valence-corrected chi connectivity index (χ2v) is 5.04. The van der Waals surface area contributed by atoms with Crippen LogP contribution in [0.25, 0.3) is 0 Å². The molecule has 1 fully saturated rings. The highest BCUT2D eigenvalue weighted by Crippen LogP contribution is 2.27. The lowest BCUT2D eigenvalue weighted by molar-refractivity contribution is 0.191. The van der Waals surface area contributed by atoms with Gasteiger partial charge < -0.3 is 5.11 Å². The van der Waals surface area contributed by atoms with E-state index >= 15 is 0 Å². The van der Waals surface area contributed by atoms with Gasteiger partial charge >= 0.3 is 0 Å². The number of aliphatic hydroxyl groups excluding tert-OH is 1. The van der Waals surface area contributed by atoms with Crippen LogP contribution in [0.2, 0.25) is 0 Å². The molecular formula is C11H18N2OS. The Labute approximate surface area is 94.8 Å². The minimum atomic E-state index is 0.276. The minimum absolute atomic E-state index is 0.276. The Balaban J connectivity index is 1.82. The third kappa shape index (κ3) is 3.00. The van der Waals surface area contributed by atoms with E-state index in [2.05, 4.69) is 16.8 Å². The summed E-state index contributed by atoms with van der Waals surface area (Å²) >= 11 is 1.74. The molecule has 0 atom stereocenters. The van der Waals surface area contributed by atoms with Crippen LogP contribution in [0.4, 0.5) is 0 Å². The van der Waals surface area contributed by atoms with Crippen molar-refractivity contribution in [3.8, 4) is 0 Å². The zero-order valence-corrected chi connectivity index (χ0v) is 9.96. The number of hydrogen-bond acceptors (Lipinski definition) is 4. The maximum Gasteiger partial charge on any atom is 0.0797 e. The van der Waals surface area contributed by atoms with E-state index in [0.29, 0.717) is 0 Å². The van der Waals surface area contributed by atoms with E-state index in [4.69, 9.17) is 5.11 Å². The average Bonchev–Trinajstić information content (AvgIpc) is 2.98. The van der Waals surface area contributed by atoms with E-state index < -0.39 is 0 Å². The van der Waals surface area contributed by atoms with Gasteiger partial charge in [0.25, 0.3) is 0 Å². The summed E-state index contributed by atoms with van der Waals surface area (Å²) in [6, 6.07) is 0.741. The number of aliphatic hydroxyl groups is 1. The first-order valence-electron chi connectivity index (χ1n) is 5.55. The lowest BCUT2D eigenvalue weighted by Crippen LogP contribution is -2.31. The van der Waals surface area contributed by atoms with Gasteiger partial charge in [0.1, 0.15) is 0 Å². The van der Waals surface area contributed by atoms with E-state index in [1.165, 1.54) is 23.4 Å². The van der Waals surface area contributed by atoms with Crippen LogP contribution in [0, 0.1) is 6.92 Å². The number of nitrogens with zero attached hydrogens (tertiary/aromatic N) is 2. The van der Waals surface area contributed by atoms with Crippen molar-refractivity contribution >= 4 is 11.3 Å². The van der Waals surface area contributed by atoms with Crippen LogP contribution in [0.3, 0.4) is 0 Å². The molecule has 84 valence electrons. The van der Waals surface area contributed by atoms with E-state index in [-0.39, 0.29) is 6.61 Å². The highest BCUT2D eigenvalue weighted by atomic mass is 32.1. The van der Waals surface area contributed by atoms with Gasteiger partial charge in [0, 0.05) is 24.0 Å². The molecule has 0 amide bonds. The molecule has 1 saturated carbocycles. The Morgan fingerprint density at radius 3 is 2.87 bits per heavy atom. The van der Waals surface area contributed by atoms with Crippen LogP contribution < -0.4 is 0 Å². The maximum atomic E-state index is 8.97. The monoisotopic (exact) mass is 226 g/mol. The van der Waals surface area contributed by atoms with Gasteiger partial charge in [0.05, 0.1) is 17.8 Å². The SMILES string of the molecule is Cc1ncsc1CCN(CCO)C1CC1. The third-order valence-electron chi connectivity index (χ3n) is 2.92. The molecule has 1 aromatic heterocycles. The first-order valence-corrected chi connectivity index (χ1v) is 6.43. The van der Waals surface area contributed by atoms with Crippen LogP contribution in [-0.4, -0.2) is 40.7 Å². The largest absolute Gasteiger partial charge is 0.395 e. The zero-order chi connectivity index (χ0) is 10.7. The Bertz CT molecular complexity index is 309. The maximum absolute atomic E-state index is 8.97. The van der Waals surface area contributed by atoms with Gasteiger partial charge in [-0.1, -0.05) is 0 Å². The van der Waals surface area contributed by atoms with Gasteiger partial charge in [-0.2, -0.15) is 0 Å². The molecule has 0 aromatic carbocycles. The summed E-state index contributed by atoms with van der Waals surface area (Å²) in [4.78, 5) is 8.04. The Morgan fingerprint density at radius 1 is 1.53 bits per heavy atom. The molecule has 1 aliphatic rings. The molecule has 1 aliphatic carbocycles. The Hall–Kier alpha value is -0.450. The van der Waals surface area contributed by atoms with Gasteiger partial charge in [-0.3, -0.25) is 4.90 Å².